The molecule has 12 heavy (non-hydrogen) atoms. The summed E-state index contributed by atoms with van der Waals surface area (Å²) in [6, 6.07) is 0. The van der Waals surface area contributed by atoms with Gasteiger partial charge in [0, 0.05) is 11.4 Å². The van der Waals surface area contributed by atoms with E-state index >= 15 is 0 Å². The molecule has 0 saturated heterocycles. The van der Waals surface area contributed by atoms with Crippen LogP contribution in [0, 0.1) is 6.92 Å². The van der Waals surface area contributed by atoms with Crippen LogP contribution in [-0.2, 0) is 6.42 Å². The maximum absolute atomic E-state index is 4.21. The Bertz CT molecular complexity index is 220. The second-order valence-electron chi connectivity index (χ2n) is 2.86. The molecule has 0 saturated carbocycles. The van der Waals surface area contributed by atoms with Gasteiger partial charge in [-0.25, -0.2) is 4.98 Å². The highest BCUT2D eigenvalue weighted by Crippen LogP contribution is 2.11. The van der Waals surface area contributed by atoms with E-state index in [1.54, 1.807) is 11.3 Å². The molecule has 0 bridgehead atoms. The molecule has 0 radical (unpaired) electrons. The van der Waals surface area contributed by atoms with Crippen molar-refractivity contribution in [2.45, 2.75) is 26.7 Å². The molecule has 0 spiro atoms. The van der Waals surface area contributed by atoms with Gasteiger partial charge in [0.25, 0.3) is 0 Å². The van der Waals surface area contributed by atoms with Gasteiger partial charge < -0.3 is 5.32 Å². The molecule has 0 aliphatic carbocycles. The summed E-state index contributed by atoms with van der Waals surface area (Å²) in [4.78, 5) is 5.62. The normalized spacial score (nSPS) is 10.5. The Balaban J connectivity index is 2.20. The van der Waals surface area contributed by atoms with Crippen molar-refractivity contribution in [1.82, 2.24) is 10.3 Å². The molecule has 1 heterocycles. The van der Waals surface area contributed by atoms with Crippen molar-refractivity contribution in [1.29, 1.82) is 0 Å². The maximum Gasteiger partial charge on any atom is 0.0797 e. The van der Waals surface area contributed by atoms with Crippen LogP contribution in [-0.4, -0.2) is 18.1 Å². The van der Waals surface area contributed by atoms with E-state index in [4.69, 9.17) is 0 Å². The SMILES string of the molecule is CCCNCCc1scnc1C. The van der Waals surface area contributed by atoms with Crippen molar-refractivity contribution in [2.75, 3.05) is 13.1 Å². The van der Waals surface area contributed by atoms with Crippen LogP contribution >= 0.6 is 11.3 Å². The zero-order chi connectivity index (χ0) is 8.81. The van der Waals surface area contributed by atoms with Gasteiger partial charge in [0.2, 0.25) is 0 Å². The zero-order valence-electron chi connectivity index (χ0n) is 7.76. The fourth-order valence-electron chi connectivity index (χ4n) is 1.07. The highest BCUT2D eigenvalue weighted by Gasteiger charge is 1.99. The topological polar surface area (TPSA) is 24.9 Å². The maximum atomic E-state index is 4.21. The predicted octanol–water partition coefficient (Wildman–Crippen LogP) is 1.99. The van der Waals surface area contributed by atoms with E-state index in [0.717, 1.165) is 19.5 Å². The van der Waals surface area contributed by atoms with Crippen molar-refractivity contribution in [3.8, 4) is 0 Å². The molecular formula is C9H16N2S. The van der Waals surface area contributed by atoms with E-state index in [2.05, 4.69) is 24.1 Å². The first-order valence-electron chi connectivity index (χ1n) is 4.44. The lowest BCUT2D eigenvalue weighted by Crippen LogP contribution is -2.17. The molecule has 2 nitrogen and oxygen atoms in total. The molecule has 68 valence electrons. The largest absolute Gasteiger partial charge is 0.316 e. The number of aryl methyl sites for hydroxylation is 1. The van der Waals surface area contributed by atoms with Crippen LogP contribution in [0.15, 0.2) is 5.51 Å². The van der Waals surface area contributed by atoms with E-state index in [1.165, 1.54) is 17.0 Å². The third-order valence-electron chi connectivity index (χ3n) is 1.80. The van der Waals surface area contributed by atoms with Gasteiger partial charge >= 0.3 is 0 Å². The summed E-state index contributed by atoms with van der Waals surface area (Å²) < 4.78 is 0. The van der Waals surface area contributed by atoms with Crippen molar-refractivity contribution < 1.29 is 0 Å². The molecule has 0 unspecified atom stereocenters. The standard InChI is InChI=1S/C9H16N2S/c1-3-5-10-6-4-9-8(2)11-7-12-9/h7,10H,3-6H2,1-2H3. The molecule has 1 N–H and O–H groups in total. The number of hydrogen-bond acceptors (Lipinski definition) is 3. The van der Waals surface area contributed by atoms with Crippen LogP contribution in [0.5, 0.6) is 0 Å². The summed E-state index contributed by atoms with van der Waals surface area (Å²) in [5.41, 5.74) is 3.11. The van der Waals surface area contributed by atoms with Gasteiger partial charge in [0.1, 0.15) is 0 Å². The Morgan fingerprint density at radius 3 is 2.92 bits per heavy atom. The van der Waals surface area contributed by atoms with Gasteiger partial charge in [-0.05, 0) is 26.3 Å². The third-order valence-corrected chi connectivity index (χ3v) is 2.80. The molecule has 0 aromatic carbocycles. The second-order valence-corrected chi connectivity index (χ2v) is 3.80. The average molecular weight is 184 g/mol. The smallest absolute Gasteiger partial charge is 0.0797 e. The van der Waals surface area contributed by atoms with Crippen LogP contribution in [0.3, 0.4) is 0 Å². The molecule has 1 rings (SSSR count). The number of aromatic nitrogens is 1. The Labute approximate surface area is 78.0 Å². The monoisotopic (exact) mass is 184 g/mol. The molecule has 1 aromatic heterocycles. The van der Waals surface area contributed by atoms with Gasteiger partial charge in [0.05, 0.1) is 11.2 Å². The molecular weight excluding hydrogens is 168 g/mol. The lowest BCUT2D eigenvalue weighted by atomic mass is 10.3. The molecule has 0 atom stereocenters. The van der Waals surface area contributed by atoms with Crippen molar-refractivity contribution in [2.24, 2.45) is 0 Å². The van der Waals surface area contributed by atoms with Crippen LogP contribution in [0.25, 0.3) is 0 Å². The zero-order valence-corrected chi connectivity index (χ0v) is 8.58. The lowest BCUT2D eigenvalue weighted by Gasteiger charge is -2.00. The number of rotatable bonds is 5. The first kappa shape index (κ1) is 9.68. The first-order valence-corrected chi connectivity index (χ1v) is 5.32. The fraction of sp³-hybridized carbons (Fsp3) is 0.667. The first-order chi connectivity index (χ1) is 5.84. The Morgan fingerprint density at radius 2 is 2.33 bits per heavy atom. The van der Waals surface area contributed by atoms with E-state index in [9.17, 15) is 0 Å². The minimum absolute atomic E-state index is 1.08. The number of thiazole rings is 1. The Morgan fingerprint density at radius 1 is 1.50 bits per heavy atom. The van der Waals surface area contributed by atoms with Crippen LogP contribution in [0.2, 0.25) is 0 Å². The van der Waals surface area contributed by atoms with Gasteiger partial charge in [0.15, 0.2) is 0 Å². The van der Waals surface area contributed by atoms with E-state index in [1.807, 2.05) is 5.51 Å². The lowest BCUT2D eigenvalue weighted by molar-refractivity contribution is 0.673. The molecule has 1 aromatic rings. The molecule has 0 fully saturated rings. The summed E-state index contributed by atoms with van der Waals surface area (Å²) in [5, 5.41) is 3.38. The summed E-state index contributed by atoms with van der Waals surface area (Å²) in [7, 11) is 0. The fourth-order valence-corrected chi connectivity index (χ4v) is 1.85. The number of nitrogens with zero attached hydrogens (tertiary/aromatic N) is 1. The number of hydrogen-bond donors (Lipinski definition) is 1. The highest BCUT2D eigenvalue weighted by molar-refractivity contribution is 7.09. The summed E-state index contributed by atoms with van der Waals surface area (Å²) in [5.74, 6) is 0. The van der Waals surface area contributed by atoms with Crippen LogP contribution < -0.4 is 5.32 Å². The molecule has 0 amide bonds. The van der Waals surface area contributed by atoms with Gasteiger partial charge in [-0.1, -0.05) is 6.92 Å². The average Bonchev–Trinajstić information content (AvgIpc) is 2.46. The minimum atomic E-state index is 1.08. The predicted molar refractivity (Wildman–Crippen MR) is 53.7 cm³/mol. The molecule has 0 aliphatic rings. The van der Waals surface area contributed by atoms with Gasteiger partial charge in [-0.2, -0.15) is 0 Å². The van der Waals surface area contributed by atoms with Crippen molar-refractivity contribution in [3.63, 3.8) is 0 Å². The number of nitrogens with one attached hydrogen (secondary N) is 1. The summed E-state index contributed by atoms with van der Waals surface area (Å²) in [6.07, 6.45) is 2.33. The quantitative estimate of drug-likeness (QED) is 0.708. The molecule has 3 heteroatoms. The van der Waals surface area contributed by atoms with E-state index in [-0.39, 0.29) is 0 Å². The Kier molecular flexibility index (Phi) is 4.25. The highest BCUT2D eigenvalue weighted by atomic mass is 32.1. The van der Waals surface area contributed by atoms with Crippen LogP contribution in [0.4, 0.5) is 0 Å². The van der Waals surface area contributed by atoms with E-state index in [0.29, 0.717) is 0 Å². The van der Waals surface area contributed by atoms with Gasteiger partial charge in [-0.15, -0.1) is 11.3 Å². The second kappa shape index (κ2) is 5.27. The minimum Gasteiger partial charge on any atom is -0.316 e. The van der Waals surface area contributed by atoms with E-state index < -0.39 is 0 Å². The van der Waals surface area contributed by atoms with Crippen molar-refractivity contribution in [3.05, 3.63) is 16.1 Å². The summed E-state index contributed by atoms with van der Waals surface area (Å²) >= 11 is 1.76. The van der Waals surface area contributed by atoms with Crippen LogP contribution in [0.1, 0.15) is 23.9 Å². The molecule has 0 aliphatic heterocycles. The van der Waals surface area contributed by atoms with Crippen molar-refractivity contribution >= 4 is 11.3 Å². The van der Waals surface area contributed by atoms with Gasteiger partial charge in [-0.3, -0.25) is 0 Å². The summed E-state index contributed by atoms with van der Waals surface area (Å²) in [6.45, 7) is 6.46. The third kappa shape index (κ3) is 2.91. The Hall–Kier alpha value is -0.410.